The summed E-state index contributed by atoms with van der Waals surface area (Å²) in [5.41, 5.74) is 7.08. The monoisotopic (exact) mass is 442 g/mol. The second kappa shape index (κ2) is 9.59. The molecule has 29 heavy (non-hydrogen) atoms. The van der Waals surface area contributed by atoms with E-state index in [0.29, 0.717) is 22.7 Å². The second-order valence-corrected chi connectivity index (χ2v) is 6.49. The Hall–Kier alpha value is -2.82. The van der Waals surface area contributed by atoms with Crippen LogP contribution in [0, 0.1) is 12.7 Å². The first-order valence-electron chi connectivity index (χ1n) is 8.17. The first kappa shape index (κ1) is 22.5. The Kier molecular flexibility index (Phi) is 7.43. The van der Waals surface area contributed by atoms with Crippen LogP contribution < -0.4 is 10.5 Å². The first-order valence-corrected chi connectivity index (χ1v) is 8.54. The van der Waals surface area contributed by atoms with Gasteiger partial charge in [-0.25, -0.2) is 9.37 Å². The number of nitrogens with zero attached hydrogens (tertiary/aromatic N) is 5. The third-order valence-corrected chi connectivity index (χ3v) is 3.91. The number of aliphatic carboxylic acids is 1. The molecule has 0 unspecified atom stereocenters. The molecular formula is C17H17Cl2FN6O3. The number of aryl methyl sites for hydroxylation is 1. The average Bonchev–Trinajstić information content (AvgIpc) is 3.06. The average molecular weight is 443 g/mol. The molecule has 0 amide bonds. The molecular weight excluding hydrogens is 426 g/mol. The van der Waals surface area contributed by atoms with Crippen LogP contribution in [-0.4, -0.2) is 42.3 Å². The number of carboxylic acid groups (broad SMARTS) is 1. The van der Waals surface area contributed by atoms with Gasteiger partial charge in [0, 0.05) is 17.8 Å². The van der Waals surface area contributed by atoms with Crippen molar-refractivity contribution in [1.82, 2.24) is 25.2 Å². The molecule has 9 nitrogen and oxygen atoms in total. The summed E-state index contributed by atoms with van der Waals surface area (Å²) >= 11 is 5.68. The Morgan fingerprint density at radius 1 is 1.41 bits per heavy atom. The number of tetrazole rings is 1. The number of hydrogen-bond donors (Lipinski definition) is 2. The van der Waals surface area contributed by atoms with Gasteiger partial charge < -0.3 is 15.6 Å². The molecule has 0 aliphatic heterocycles. The van der Waals surface area contributed by atoms with Crippen molar-refractivity contribution < 1.29 is 19.0 Å². The predicted octanol–water partition coefficient (Wildman–Crippen LogP) is 2.85. The number of ether oxygens (including phenoxy) is 1. The van der Waals surface area contributed by atoms with Crippen molar-refractivity contribution in [2.45, 2.75) is 25.9 Å². The topological polar surface area (TPSA) is 129 Å². The van der Waals surface area contributed by atoms with Crippen molar-refractivity contribution in [1.29, 1.82) is 0 Å². The Labute approximate surface area is 176 Å². The van der Waals surface area contributed by atoms with Gasteiger partial charge in [-0.15, -0.1) is 22.6 Å². The molecule has 0 aliphatic rings. The van der Waals surface area contributed by atoms with E-state index < -0.39 is 17.8 Å². The van der Waals surface area contributed by atoms with Crippen LogP contribution >= 0.6 is 24.0 Å². The van der Waals surface area contributed by atoms with E-state index in [4.69, 9.17) is 27.2 Å². The normalized spacial score (nSPS) is 11.6. The van der Waals surface area contributed by atoms with Crippen LogP contribution in [0.5, 0.6) is 11.6 Å². The van der Waals surface area contributed by atoms with Crippen LogP contribution in [0.2, 0.25) is 5.02 Å². The van der Waals surface area contributed by atoms with Gasteiger partial charge in [-0.3, -0.25) is 4.79 Å². The maximum Gasteiger partial charge on any atom is 0.304 e. The Balaban J connectivity index is 0.00000300. The molecule has 0 aliphatic carbocycles. The number of rotatable bonds is 7. The molecule has 2 aromatic heterocycles. The maximum atomic E-state index is 13.8. The lowest BCUT2D eigenvalue weighted by molar-refractivity contribution is -0.137. The fraction of sp³-hybridized carbons (Fsp3) is 0.235. The number of halogens is 3. The number of pyridine rings is 1. The van der Waals surface area contributed by atoms with E-state index in [1.165, 1.54) is 11.0 Å². The summed E-state index contributed by atoms with van der Waals surface area (Å²) < 4.78 is 19.4. The van der Waals surface area contributed by atoms with Crippen molar-refractivity contribution in [2.75, 3.05) is 0 Å². The molecule has 1 aromatic carbocycles. The lowest BCUT2D eigenvalue weighted by Gasteiger charge is -2.09. The smallest absolute Gasteiger partial charge is 0.304 e. The van der Waals surface area contributed by atoms with Gasteiger partial charge in [0.1, 0.15) is 5.75 Å². The van der Waals surface area contributed by atoms with Crippen molar-refractivity contribution in [2.24, 2.45) is 5.73 Å². The molecule has 2 heterocycles. The third kappa shape index (κ3) is 5.83. The Morgan fingerprint density at radius 3 is 2.83 bits per heavy atom. The first-order chi connectivity index (χ1) is 13.3. The molecule has 0 radical (unpaired) electrons. The van der Waals surface area contributed by atoms with E-state index in [2.05, 4.69) is 20.4 Å². The minimum atomic E-state index is -0.995. The minimum absolute atomic E-state index is 0. The van der Waals surface area contributed by atoms with Gasteiger partial charge in [-0.2, -0.15) is 4.80 Å². The fourth-order valence-corrected chi connectivity index (χ4v) is 2.56. The SMILES string of the molecule is Cc1cc(-c2nnn(C[C@@H](N)CC(=O)O)n2)ccc1Oc1ncc(Cl)cc1F.Cl. The van der Waals surface area contributed by atoms with Crippen molar-refractivity contribution >= 4 is 30.0 Å². The second-order valence-electron chi connectivity index (χ2n) is 6.05. The van der Waals surface area contributed by atoms with Crippen LogP contribution in [0.15, 0.2) is 30.5 Å². The van der Waals surface area contributed by atoms with Gasteiger partial charge in [-0.05, 0) is 42.0 Å². The summed E-state index contributed by atoms with van der Waals surface area (Å²) in [4.78, 5) is 15.7. The maximum absolute atomic E-state index is 13.8. The zero-order chi connectivity index (χ0) is 20.3. The summed E-state index contributed by atoms with van der Waals surface area (Å²) in [5, 5.41) is 20.9. The van der Waals surface area contributed by atoms with Crippen LogP contribution in [0.25, 0.3) is 11.4 Å². The van der Waals surface area contributed by atoms with Gasteiger partial charge >= 0.3 is 5.97 Å². The minimum Gasteiger partial charge on any atom is -0.481 e. The summed E-state index contributed by atoms with van der Waals surface area (Å²) in [6.45, 7) is 1.90. The number of nitrogens with two attached hydrogens (primary N) is 1. The van der Waals surface area contributed by atoms with E-state index in [1.807, 2.05) is 0 Å². The highest BCUT2D eigenvalue weighted by atomic mass is 35.5. The van der Waals surface area contributed by atoms with E-state index >= 15 is 0 Å². The van der Waals surface area contributed by atoms with Crippen LogP contribution in [0.4, 0.5) is 4.39 Å². The number of carboxylic acids is 1. The lowest BCUT2D eigenvalue weighted by Crippen LogP contribution is -2.30. The molecule has 3 N–H and O–H groups in total. The molecule has 0 bridgehead atoms. The number of benzene rings is 1. The van der Waals surface area contributed by atoms with E-state index in [0.717, 1.165) is 6.07 Å². The molecule has 0 saturated heterocycles. The number of aromatic nitrogens is 5. The van der Waals surface area contributed by atoms with Gasteiger partial charge in [0.05, 0.1) is 18.0 Å². The van der Waals surface area contributed by atoms with E-state index in [9.17, 15) is 9.18 Å². The molecule has 0 saturated carbocycles. The molecule has 154 valence electrons. The zero-order valence-corrected chi connectivity index (χ0v) is 16.7. The summed E-state index contributed by atoms with van der Waals surface area (Å²) in [6, 6.07) is 5.57. The number of carbonyl (C=O) groups is 1. The van der Waals surface area contributed by atoms with Gasteiger partial charge in [0.2, 0.25) is 5.82 Å². The summed E-state index contributed by atoms with van der Waals surface area (Å²) in [5.74, 6) is -1.10. The molecule has 3 aromatic rings. The number of hydrogen-bond acceptors (Lipinski definition) is 7. The highest BCUT2D eigenvalue weighted by Crippen LogP contribution is 2.29. The van der Waals surface area contributed by atoms with Gasteiger partial charge in [-0.1, -0.05) is 11.6 Å². The van der Waals surface area contributed by atoms with Crippen molar-refractivity contribution in [3.05, 3.63) is 46.9 Å². The predicted molar refractivity (Wildman–Crippen MR) is 105 cm³/mol. The lowest BCUT2D eigenvalue weighted by atomic mass is 10.1. The summed E-state index contributed by atoms with van der Waals surface area (Å²) in [7, 11) is 0. The molecule has 1 atom stereocenters. The quantitative estimate of drug-likeness (QED) is 0.571. The van der Waals surface area contributed by atoms with Gasteiger partial charge in [0.25, 0.3) is 5.88 Å². The van der Waals surface area contributed by atoms with Crippen LogP contribution in [0.3, 0.4) is 0 Å². The summed E-state index contributed by atoms with van der Waals surface area (Å²) in [6.07, 6.45) is 1.10. The standard InChI is InChI=1S/C17H16ClFN6O3.ClH/c1-9-4-10(16-22-24-25(23-16)8-12(20)6-15(26)27)2-3-14(9)28-17-13(19)5-11(18)7-21-17;/h2-5,7,12H,6,8,20H2,1H3,(H,26,27);1H/t12-;/m0./s1. The van der Waals surface area contributed by atoms with Crippen molar-refractivity contribution in [3.63, 3.8) is 0 Å². The largest absolute Gasteiger partial charge is 0.481 e. The van der Waals surface area contributed by atoms with E-state index in [1.54, 1.807) is 25.1 Å². The molecule has 3 rings (SSSR count). The van der Waals surface area contributed by atoms with Crippen LogP contribution in [0.1, 0.15) is 12.0 Å². The molecule has 0 fully saturated rings. The fourth-order valence-electron chi connectivity index (χ4n) is 2.42. The van der Waals surface area contributed by atoms with Crippen molar-refractivity contribution in [3.8, 4) is 23.0 Å². The zero-order valence-electron chi connectivity index (χ0n) is 15.1. The van der Waals surface area contributed by atoms with Crippen LogP contribution in [-0.2, 0) is 11.3 Å². The van der Waals surface area contributed by atoms with E-state index in [-0.39, 0.29) is 36.3 Å². The Bertz CT molecular complexity index is 1020. The highest BCUT2D eigenvalue weighted by molar-refractivity contribution is 6.30. The van der Waals surface area contributed by atoms with Gasteiger partial charge in [0.15, 0.2) is 5.82 Å². The highest BCUT2D eigenvalue weighted by Gasteiger charge is 2.14. The molecule has 12 heteroatoms. The molecule has 0 spiro atoms. The third-order valence-electron chi connectivity index (χ3n) is 3.70. The Morgan fingerprint density at radius 2 is 2.17 bits per heavy atom.